The number of para-hydroxylation sites is 1. The number of hydrogen-bond donors (Lipinski definition) is 0. The molecule has 2 aromatic rings. The Bertz CT molecular complexity index is 569. The van der Waals surface area contributed by atoms with E-state index >= 15 is 0 Å². The van der Waals surface area contributed by atoms with Crippen molar-refractivity contribution < 1.29 is 14.3 Å². The molecule has 0 radical (unpaired) electrons. The monoisotopic (exact) mass is 396 g/mol. The van der Waals surface area contributed by atoms with Crippen molar-refractivity contribution in [2.75, 3.05) is 11.0 Å². The van der Waals surface area contributed by atoms with E-state index < -0.39 is 0 Å². The average molecular weight is 396 g/mol. The van der Waals surface area contributed by atoms with Gasteiger partial charge in [0.1, 0.15) is 17.9 Å². The second-order valence-corrected chi connectivity index (χ2v) is 5.53. The van der Waals surface area contributed by atoms with Gasteiger partial charge in [0.05, 0.1) is 6.61 Å². The topological polar surface area (TPSA) is 35.5 Å². The SMILES string of the molecule is O=C(OCCCI)c1ccccc1OCc1ccccc1. The summed E-state index contributed by atoms with van der Waals surface area (Å²) in [5, 5.41) is 0. The largest absolute Gasteiger partial charge is 0.488 e. The summed E-state index contributed by atoms with van der Waals surface area (Å²) in [7, 11) is 0. The maximum Gasteiger partial charge on any atom is 0.341 e. The minimum atomic E-state index is -0.330. The molecule has 0 saturated carbocycles. The summed E-state index contributed by atoms with van der Waals surface area (Å²) >= 11 is 2.26. The fourth-order valence-corrected chi connectivity index (χ4v) is 2.11. The molecule has 0 amide bonds. The minimum Gasteiger partial charge on any atom is -0.488 e. The van der Waals surface area contributed by atoms with E-state index in [2.05, 4.69) is 22.6 Å². The molecular formula is C17H17IO3. The van der Waals surface area contributed by atoms with Crippen LogP contribution in [0.4, 0.5) is 0 Å². The van der Waals surface area contributed by atoms with Crippen LogP contribution in [0.3, 0.4) is 0 Å². The number of rotatable bonds is 7. The predicted molar refractivity (Wildman–Crippen MR) is 91.0 cm³/mol. The molecule has 3 nitrogen and oxygen atoms in total. The van der Waals surface area contributed by atoms with E-state index in [9.17, 15) is 4.79 Å². The first-order chi connectivity index (χ1) is 10.3. The summed E-state index contributed by atoms with van der Waals surface area (Å²) in [4.78, 5) is 12.0. The maximum atomic E-state index is 12.0. The first kappa shape index (κ1) is 15.8. The van der Waals surface area contributed by atoms with Gasteiger partial charge in [0.25, 0.3) is 0 Å². The molecule has 2 aromatic carbocycles. The number of halogens is 1. The molecule has 0 spiro atoms. The average Bonchev–Trinajstić information content (AvgIpc) is 2.54. The van der Waals surface area contributed by atoms with Gasteiger partial charge in [0.15, 0.2) is 0 Å². The lowest BCUT2D eigenvalue weighted by atomic mass is 10.2. The van der Waals surface area contributed by atoms with Crippen LogP contribution in [0.15, 0.2) is 54.6 Å². The summed E-state index contributed by atoms with van der Waals surface area (Å²) in [6.45, 7) is 0.869. The van der Waals surface area contributed by atoms with Crippen molar-refractivity contribution in [2.45, 2.75) is 13.0 Å². The van der Waals surface area contributed by atoms with E-state index in [-0.39, 0.29) is 5.97 Å². The quantitative estimate of drug-likeness (QED) is 0.304. The Hall–Kier alpha value is -1.56. The Balaban J connectivity index is 2.01. The zero-order valence-electron chi connectivity index (χ0n) is 11.6. The standard InChI is InChI=1S/C17H17IO3/c18-11-6-12-20-17(19)15-9-4-5-10-16(15)21-13-14-7-2-1-3-8-14/h1-5,7-10H,6,11-13H2. The molecule has 0 bridgehead atoms. The molecule has 0 atom stereocenters. The third-order valence-corrected chi connectivity index (χ3v) is 3.62. The molecule has 0 saturated heterocycles. The highest BCUT2D eigenvalue weighted by Crippen LogP contribution is 2.20. The van der Waals surface area contributed by atoms with E-state index in [1.54, 1.807) is 12.1 Å². The van der Waals surface area contributed by atoms with Crippen molar-refractivity contribution >= 4 is 28.6 Å². The third-order valence-electron chi connectivity index (χ3n) is 2.86. The van der Waals surface area contributed by atoms with Gasteiger partial charge in [-0.15, -0.1) is 0 Å². The fourth-order valence-electron chi connectivity index (χ4n) is 1.79. The summed E-state index contributed by atoms with van der Waals surface area (Å²) in [6, 6.07) is 17.0. The molecule has 4 heteroatoms. The van der Waals surface area contributed by atoms with Crippen LogP contribution in [-0.2, 0) is 11.3 Å². The van der Waals surface area contributed by atoms with E-state index in [0.717, 1.165) is 16.4 Å². The van der Waals surface area contributed by atoms with Gasteiger partial charge in [-0.3, -0.25) is 0 Å². The van der Waals surface area contributed by atoms with Gasteiger partial charge in [0, 0.05) is 4.43 Å². The summed E-state index contributed by atoms with van der Waals surface area (Å²) in [5.74, 6) is 0.226. The Kier molecular flexibility index (Phi) is 6.53. The van der Waals surface area contributed by atoms with Crippen LogP contribution >= 0.6 is 22.6 Å². The predicted octanol–water partition coefficient (Wildman–Crippen LogP) is 4.25. The minimum absolute atomic E-state index is 0.330. The highest BCUT2D eigenvalue weighted by atomic mass is 127. The van der Waals surface area contributed by atoms with Crippen LogP contribution in [-0.4, -0.2) is 17.0 Å². The molecule has 0 N–H and O–H groups in total. The Morgan fingerprint density at radius 2 is 1.71 bits per heavy atom. The number of alkyl halides is 1. The van der Waals surface area contributed by atoms with Crippen molar-refractivity contribution in [3.8, 4) is 5.75 Å². The molecule has 0 aromatic heterocycles. The second kappa shape index (κ2) is 8.67. The third kappa shape index (κ3) is 5.04. The Morgan fingerprint density at radius 1 is 1.00 bits per heavy atom. The molecular weight excluding hydrogens is 379 g/mol. The molecule has 0 unspecified atom stereocenters. The molecule has 21 heavy (non-hydrogen) atoms. The maximum absolute atomic E-state index is 12.0. The van der Waals surface area contributed by atoms with Gasteiger partial charge < -0.3 is 9.47 Å². The van der Waals surface area contributed by atoms with Crippen molar-refractivity contribution in [1.82, 2.24) is 0 Å². The Labute approximate surface area is 138 Å². The van der Waals surface area contributed by atoms with E-state index in [0.29, 0.717) is 24.5 Å². The molecule has 0 fully saturated rings. The zero-order chi connectivity index (χ0) is 14.9. The Morgan fingerprint density at radius 3 is 2.48 bits per heavy atom. The van der Waals surface area contributed by atoms with E-state index in [1.165, 1.54) is 0 Å². The number of esters is 1. The van der Waals surface area contributed by atoms with Gasteiger partial charge in [-0.1, -0.05) is 65.1 Å². The first-order valence-electron chi connectivity index (χ1n) is 6.80. The number of benzene rings is 2. The molecule has 0 aliphatic rings. The van der Waals surface area contributed by atoms with Crippen molar-refractivity contribution in [1.29, 1.82) is 0 Å². The van der Waals surface area contributed by atoms with Crippen molar-refractivity contribution in [2.24, 2.45) is 0 Å². The lowest BCUT2D eigenvalue weighted by Gasteiger charge is -2.11. The molecule has 0 aliphatic heterocycles. The lowest BCUT2D eigenvalue weighted by molar-refractivity contribution is 0.0502. The number of hydrogen-bond acceptors (Lipinski definition) is 3. The van der Waals surface area contributed by atoms with Crippen LogP contribution in [0, 0.1) is 0 Å². The van der Waals surface area contributed by atoms with Crippen molar-refractivity contribution in [3.05, 3.63) is 65.7 Å². The van der Waals surface area contributed by atoms with Gasteiger partial charge in [-0.05, 0) is 24.1 Å². The number of ether oxygens (including phenoxy) is 2. The zero-order valence-corrected chi connectivity index (χ0v) is 13.8. The molecule has 0 heterocycles. The van der Waals surface area contributed by atoms with E-state index in [1.807, 2.05) is 42.5 Å². The van der Waals surface area contributed by atoms with Crippen LogP contribution in [0.2, 0.25) is 0 Å². The van der Waals surface area contributed by atoms with Crippen LogP contribution in [0.25, 0.3) is 0 Å². The smallest absolute Gasteiger partial charge is 0.341 e. The summed E-state index contributed by atoms with van der Waals surface area (Å²) in [5.41, 5.74) is 1.53. The van der Waals surface area contributed by atoms with Gasteiger partial charge in [0.2, 0.25) is 0 Å². The highest BCUT2D eigenvalue weighted by molar-refractivity contribution is 14.1. The van der Waals surface area contributed by atoms with E-state index in [4.69, 9.17) is 9.47 Å². The molecule has 110 valence electrons. The lowest BCUT2D eigenvalue weighted by Crippen LogP contribution is -2.09. The molecule has 0 aliphatic carbocycles. The second-order valence-electron chi connectivity index (χ2n) is 4.45. The molecule has 2 rings (SSSR count). The number of carbonyl (C=O) groups excluding carboxylic acids is 1. The van der Waals surface area contributed by atoms with Gasteiger partial charge >= 0.3 is 5.97 Å². The normalized spacial score (nSPS) is 10.1. The van der Waals surface area contributed by atoms with Gasteiger partial charge in [-0.25, -0.2) is 4.79 Å². The fraction of sp³-hybridized carbons (Fsp3) is 0.235. The summed E-state index contributed by atoms with van der Waals surface area (Å²) in [6.07, 6.45) is 0.860. The van der Waals surface area contributed by atoms with Crippen molar-refractivity contribution in [3.63, 3.8) is 0 Å². The van der Waals surface area contributed by atoms with Crippen LogP contribution in [0.5, 0.6) is 5.75 Å². The highest BCUT2D eigenvalue weighted by Gasteiger charge is 2.13. The number of carbonyl (C=O) groups is 1. The van der Waals surface area contributed by atoms with Crippen LogP contribution in [0.1, 0.15) is 22.3 Å². The first-order valence-corrected chi connectivity index (χ1v) is 8.32. The van der Waals surface area contributed by atoms with Crippen LogP contribution < -0.4 is 4.74 Å². The summed E-state index contributed by atoms with van der Waals surface area (Å²) < 4.78 is 12.0. The van der Waals surface area contributed by atoms with Gasteiger partial charge in [-0.2, -0.15) is 0 Å².